The zero-order valence-electron chi connectivity index (χ0n) is 16.7. The molecule has 1 aliphatic rings. The number of hydrogen-bond donors (Lipinski definition) is 1. The smallest absolute Gasteiger partial charge is 0.110 e. The molecular formula is C23H30N4. The maximum absolute atomic E-state index is 5.15. The third kappa shape index (κ3) is 3.86. The van der Waals surface area contributed by atoms with Crippen LogP contribution in [0.3, 0.4) is 0 Å². The van der Waals surface area contributed by atoms with Crippen LogP contribution in [0.15, 0.2) is 42.5 Å². The molecule has 142 valence electrons. The number of fused-ring (bicyclic) bond motifs is 3. The van der Waals surface area contributed by atoms with Crippen molar-refractivity contribution in [2.24, 2.45) is 0 Å². The van der Waals surface area contributed by atoms with E-state index in [-0.39, 0.29) is 0 Å². The molecule has 1 aliphatic heterocycles. The maximum atomic E-state index is 5.15. The van der Waals surface area contributed by atoms with Crippen LogP contribution >= 0.6 is 0 Å². The van der Waals surface area contributed by atoms with Crippen LogP contribution in [0.1, 0.15) is 30.3 Å². The Morgan fingerprint density at radius 3 is 2.70 bits per heavy atom. The molecule has 0 saturated carbocycles. The number of likely N-dealkylation sites (N-methyl/N-ethyl adjacent to an activating group) is 1. The summed E-state index contributed by atoms with van der Waals surface area (Å²) >= 11 is 0. The summed E-state index contributed by atoms with van der Waals surface area (Å²) < 4.78 is 2.44. The van der Waals surface area contributed by atoms with Gasteiger partial charge in [0.1, 0.15) is 5.82 Å². The summed E-state index contributed by atoms with van der Waals surface area (Å²) in [7, 11) is 4.27. The van der Waals surface area contributed by atoms with E-state index in [9.17, 15) is 0 Å². The van der Waals surface area contributed by atoms with Gasteiger partial charge in [0.15, 0.2) is 0 Å². The van der Waals surface area contributed by atoms with E-state index < -0.39 is 0 Å². The average molecular weight is 363 g/mol. The Kier molecular flexibility index (Phi) is 5.17. The number of anilines is 1. The van der Waals surface area contributed by atoms with Gasteiger partial charge >= 0.3 is 0 Å². The topological polar surface area (TPSA) is 33.1 Å². The van der Waals surface area contributed by atoms with Crippen LogP contribution in [0.4, 0.5) is 5.69 Å². The van der Waals surface area contributed by atoms with Gasteiger partial charge in [-0.2, -0.15) is 0 Å². The Hall–Kier alpha value is -2.33. The zero-order chi connectivity index (χ0) is 18.8. The molecule has 4 rings (SSSR count). The van der Waals surface area contributed by atoms with Gasteiger partial charge in [0, 0.05) is 36.8 Å². The largest absolute Gasteiger partial charge is 0.382 e. The predicted octanol–water partition coefficient (Wildman–Crippen LogP) is 4.13. The number of rotatable bonds is 6. The molecule has 1 atom stereocenters. The second-order valence-electron chi connectivity index (χ2n) is 8.01. The van der Waals surface area contributed by atoms with Crippen molar-refractivity contribution in [3.8, 4) is 0 Å². The molecule has 2 heterocycles. The number of aromatic nitrogens is 2. The molecule has 0 aliphatic carbocycles. The number of aryl methyl sites for hydroxylation is 3. The highest BCUT2D eigenvalue weighted by molar-refractivity contribution is 5.86. The third-order valence-electron chi connectivity index (χ3n) is 5.58. The lowest BCUT2D eigenvalue weighted by molar-refractivity contribution is 0.383. The monoisotopic (exact) mass is 362 g/mol. The van der Waals surface area contributed by atoms with Crippen molar-refractivity contribution in [3.05, 3.63) is 59.4 Å². The lowest BCUT2D eigenvalue weighted by Gasteiger charge is -2.24. The second-order valence-corrected chi connectivity index (χ2v) is 8.01. The summed E-state index contributed by atoms with van der Waals surface area (Å²) in [6.45, 7) is 4.26. The van der Waals surface area contributed by atoms with Crippen LogP contribution in [0.25, 0.3) is 11.0 Å². The fraction of sp³-hybridized carbons (Fsp3) is 0.435. The van der Waals surface area contributed by atoms with Gasteiger partial charge in [-0.1, -0.05) is 30.3 Å². The highest BCUT2D eigenvalue weighted by Crippen LogP contribution is 2.32. The van der Waals surface area contributed by atoms with E-state index in [0.717, 1.165) is 32.4 Å². The van der Waals surface area contributed by atoms with E-state index in [1.807, 2.05) is 0 Å². The van der Waals surface area contributed by atoms with Gasteiger partial charge in [0.2, 0.25) is 0 Å². The molecule has 4 nitrogen and oxygen atoms in total. The molecule has 0 radical (unpaired) electrons. The molecular weight excluding hydrogens is 332 g/mol. The fourth-order valence-electron chi connectivity index (χ4n) is 4.02. The van der Waals surface area contributed by atoms with E-state index in [0.29, 0.717) is 6.04 Å². The van der Waals surface area contributed by atoms with Gasteiger partial charge < -0.3 is 14.8 Å². The summed E-state index contributed by atoms with van der Waals surface area (Å²) in [5.41, 5.74) is 6.54. The quantitative estimate of drug-likeness (QED) is 0.716. The summed E-state index contributed by atoms with van der Waals surface area (Å²) in [6.07, 6.45) is 4.30. The van der Waals surface area contributed by atoms with Crippen LogP contribution < -0.4 is 5.32 Å². The molecule has 0 saturated heterocycles. The van der Waals surface area contributed by atoms with Crippen LogP contribution in [-0.4, -0.2) is 41.1 Å². The molecule has 1 N–H and O–H groups in total. The van der Waals surface area contributed by atoms with Crippen molar-refractivity contribution in [3.63, 3.8) is 0 Å². The second kappa shape index (κ2) is 7.73. The Balaban J connectivity index is 1.70. The Morgan fingerprint density at radius 2 is 1.93 bits per heavy atom. The highest BCUT2D eigenvalue weighted by atomic mass is 15.1. The number of benzene rings is 2. The van der Waals surface area contributed by atoms with Gasteiger partial charge in [0.05, 0.1) is 11.0 Å². The lowest BCUT2D eigenvalue weighted by Crippen LogP contribution is -2.22. The number of hydrogen-bond acceptors (Lipinski definition) is 3. The number of nitrogens with zero attached hydrogens (tertiary/aromatic N) is 3. The Morgan fingerprint density at radius 1 is 1.11 bits per heavy atom. The first-order chi connectivity index (χ1) is 13.1. The van der Waals surface area contributed by atoms with Crippen LogP contribution in [-0.2, 0) is 25.8 Å². The van der Waals surface area contributed by atoms with Crippen LogP contribution in [0.2, 0.25) is 0 Å². The molecule has 0 spiro atoms. The summed E-state index contributed by atoms with van der Waals surface area (Å²) in [5, 5.41) is 3.63. The lowest BCUT2D eigenvalue weighted by atomic mass is 9.98. The SMILES string of the molecule is C[C@H]1CCc2c(ccc3c2nc(CCc2ccccc2)n3CCN(C)C)N1. The molecule has 3 aromatic rings. The normalized spacial score (nSPS) is 16.5. The average Bonchev–Trinajstić information content (AvgIpc) is 3.03. The van der Waals surface area contributed by atoms with E-state index in [4.69, 9.17) is 4.98 Å². The first kappa shape index (κ1) is 18.1. The van der Waals surface area contributed by atoms with Crippen LogP contribution in [0, 0.1) is 0 Å². The van der Waals surface area contributed by atoms with Crippen molar-refractivity contribution < 1.29 is 0 Å². The molecule has 0 fully saturated rings. The Labute approximate surface area is 162 Å². The van der Waals surface area contributed by atoms with E-state index in [1.54, 1.807) is 0 Å². The van der Waals surface area contributed by atoms with Gasteiger partial charge in [-0.15, -0.1) is 0 Å². The molecule has 0 bridgehead atoms. The van der Waals surface area contributed by atoms with Crippen molar-refractivity contribution in [2.45, 2.75) is 45.2 Å². The molecule has 0 unspecified atom stereocenters. The molecule has 27 heavy (non-hydrogen) atoms. The molecule has 2 aromatic carbocycles. The van der Waals surface area contributed by atoms with Crippen molar-refractivity contribution in [1.82, 2.24) is 14.5 Å². The number of imidazole rings is 1. The summed E-state index contributed by atoms with van der Waals surface area (Å²) in [4.78, 5) is 7.39. The number of nitrogens with one attached hydrogen (secondary N) is 1. The molecule has 0 amide bonds. The van der Waals surface area contributed by atoms with Crippen molar-refractivity contribution in [1.29, 1.82) is 0 Å². The minimum Gasteiger partial charge on any atom is -0.382 e. The minimum atomic E-state index is 0.545. The summed E-state index contributed by atoms with van der Waals surface area (Å²) in [6, 6.07) is 15.8. The molecule has 1 aromatic heterocycles. The molecule has 4 heteroatoms. The maximum Gasteiger partial charge on any atom is 0.110 e. The minimum absolute atomic E-state index is 0.545. The van der Waals surface area contributed by atoms with E-state index >= 15 is 0 Å². The van der Waals surface area contributed by atoms with Crippen molar-refractivity contribution >= 4 is 16.7 Å². The third-order valence-corrected chi connectivity index (χ3v) is 5.58. The summed E-state index contributed by atoms with van der Waals surface area (Å²) in [5.74, 6) is 1.21. The highest BCUT2D eigenvalue weighted by Gasteiger charge is 2.20. The van der Waals surface area contributed by atoms with Gasteiger partial charge in [0.25, 0.3) is 0 Å². The first-order valence-corrected chi connectivity index (χ1v) is 10.1. The standard InChI is InChI=1S/C23H30N4/c1-17-9-11-19-20(24-17)12-13-21-23(19)25-22(27(21)16-15-26(2)3)14-10-18-7-5-4-6-8-18/h4-8,12-13,17,24H,9-11,14-16H2,1-3H3/t17-/m0/s1. The van der Waals surface area contributed by atoms with Crippen molar-refractivity contribution in [2.75, 3.05) is 26.0 Å². The van der Waals surface area contributed by atoms with Crippen LogP contribution in [0.5, 0.6) is 0 Å². The van der Waals surface area contributed by atoms with E-state index in [1.165, 1.54) is 40.1 Å². The fourth-order valence-corrected chi connectivity index (χ4v) is 4.02. The van der Waals surface area contributed by atoms with E-state index in [2.05, 4.69) is 78.3 Å². The zero-order valence-corrected chi connectivity index (χ0v) is 16.7. The predicted molar refractivity (Wildman–Crippen MR) is 114 cm³/mol. The Bertz CT molecular complexity index is 911. The van der Waals surface area contributed by atoms with Gasteiger partial charge in [-0.05, 0) is 58.0 Å². The van der Waals surface area contributed by atoms with Gasteiger partial charge in [-0.3, -0.25) is 0 Å². The first-order valence-electron chi connectivity index (χ1n) is 10.1. The van der Waals surface area contributed by atoms with Gasteiger partial charge in [-0.25, -0.2) is 4.98 Å².